The summed E-state index contributed by atoms with van der Waals surface area (Å²) < 4.78 is 2.75. The standard InChI is InChI=1S/C17H17IO/c1-2-3-10-18-12-8-9-14-13-6-4-5-7-15(13)17(19)16(14)11-12/h4-9,11,18H,2-3,10H2,1H3. The third-order valence-corrected chi connectivity index (χ3v) is 6.55. The van der Waals surface area contributed by atoms with Crippen LogP contribution in [0.5, 0.6) is 0 Å². The van der Waals surface area contributed by atoms with E-state index in [-0.39, 0.29) is 27.0 Å². The summed E-state index contributed by atoms with van der Waals surface area (Å²) in [6.07, 6.45) is 2.58. The van der Waals surface area contributed by atoms with E-state index in [4.69, 9.17) is 0 Å². The third kappa shape index (κ3) is 2.34. The predicted molar refractivity (Wildman–Crippen MR) is 89.2 cm³/mol. The molecule has 0 radical (unpaired) electrons. The number of alkyl halides is 1. The van der Waals surface area contributed by atoms with Crippen LogP contribution in [0.15, 0.2) is 42.5 Å². The Labute approximate surface area is 124 Å². The number of ketones is 1. The van der Waals surface area contributed by atoms with Crippen LogP contribution in [0.4, 0.5) is 0 Å². The van der Waals surface area contributed by atoms with E-state index >= 15 is 0 Å². The first-order valence-corrected chi connectivity index (χ1v) is 9.53. The zero-order valence-corrected chi connectivity index (χ0v) is 13.3. The Morgan fingerprint density at radius 3 is 2.47 bits per heavy atom. The molecule has 19 heavy (non-hydrogen) atoms. The number of unbranched alkanes of at least 4 members (excludes halogenated alkanes) is 1. The molecule has 3 rings (SSSR count). The molecule has 2 aromatic carbocycles. The van der Waals surface area contributed by atoms with Gasteiger partial charge in [-0.05, 0) is 0 Å². The molecule has 0 aliphatic heterocycles. The summed E-state index contributed by atoms with van der Waals surface area (Å²) in [4.78, 5) is 12.4. The maximum absolute atomic E-state index is 12.4. The number of hydrogen-bond acceptors (Lipinski definition) is 1. The second kappa shape index (κ2) is 5.45. The van der Waals surface area contributed by atoms with Crippen molar-refractivity contribution in [1.82, 2.24) is 0 Å². The Balaban J connectivity index is 1.94. The number of carbonyl (C=O) groups is 1. The van der Waals surface area contributed by atoms with Crippen molar-refractivity contribution < 1.29 is 4.79 Å². The fourth-order valence-electron chi connectivity index (χ4n) is 2.43. The van der Waals surface area contributed by atoms with Gasteiger partial charge in [0.25, 0.3) is 0 Å². The van der Waals surface area contributed by atoms with Gasteiger partial charge in [-0.25, -0.2) is 0 Å². The Morgan fingerprint density at radius 1 is 0.947 bits per heavy atom. The van der Waals surface area contributed by atoms with E-state index in [1.165, 1.54) is 20.8 Å². The number of carbonyl (C=O) groups excluding carboxylic acids is 1. The van der Waals surface area contributed by atoms with Crippen molar-refractivity contribution in [2.24, 2.45) is 0 Å². The molecular formula is C17H17IO. The monoisotopic (exact) mass is 364 g/mol. The normalized spacial score (nSPS) is 12.6. The summed E-state index contributed by atoms with van der Waals surface area (Å²) in [7, 11) is 0. The van der Waals surface area contributed by atoms with Crippen LogP contribution in [0.1, 0.15) is 35.7 Å². The van der Waals surface area contributed by atoms with E-state index in [1.54, 1.807) is 0 Å². The second-order valence-corrected chi connectivity index (χ2v) is 8.12. The quantitative estimate of drug-likeness (QED) is 0.377. The SMILES string of the molecule is CCCC[IH]c1ccc2c(c1)C(=O)c1ccccc1-2. The topological polar surface area (TPSA) is 17.1 Å². The van der Waals surface area contributed by atoms with Crippen LogP contribution < -0.4 is 0 Å². The first-order valence-electron chi connectivity index (χ1n) is 6.72. The molecule has 0 saturated heterocycles. The summed E-state index contributed by atoms with van der Waals surface area (Å²) in [5, 5.41) is 0. The van der Waals surface area contributed by atoms with Crippen LogP contribution in [-0.4, -0.2) is 10.2 Å². The zero-order valence-electron chi connectivity index (χ0n) is 11.0. The Bertz CT molecular complexity index is 631. The summed E-state index contributed by atoms with van der Waals surface area (Å²) in [5.74, 6) is 0.204. The molecule has 0 unspecified atom stereocenters. The first-order chi connectivity index (χ1) is 9.31. The van der Waals surface area contributed by atoms with E-state index in [0.717, 1.165) is 22.3 Å². The zero-order chi connectivity index (χ0) is 13.2. The number of fused-ring (bicyclic) bond motifs is 3. The fourth-order valence-corrected chi connectivity index (χ4v) is 5.38. The predicted octanol–water partition coefficient (Wildman–Crippen LogP) is 4.57. The van der Waals surface area contributed by atoms with Gasteiger partial charge in [0.2, 0.25) is 0 Å². The number of hydrogen-bond donors (Lipinski definition) is 0. The fraction of sp³-hybridized carbons (Fsp3) is 0.235. The summed E-state index contributed by atoms with van der Waals surface area (Å²) in [6.45, 7) is 2.23. The molecule has 0 atom stereocenters. The van der Waals surface area contributed by atoms with E-state index in [9.17, 15) is 4.79 Å². The Kier molecular flexibility index (Phi) is 3.69. The molecule has 98 valence electrons. The first kappa shape index (κ1) is 12.9. The van der Waals surface area contributed by atoms with Crippen molar-refractivity contribution in [1.29, 1.82) is 0 Å². The minimum absolute atomic E-state index is 0.120. The molecule has 0 fully saturated rings. The average Bonchev–Trinajstić information content (AvgIpc) is 2.73. The van der Waals surface area contributed by atoms with Crippen LogP contribution in [0.25, 0.3) is 11.1 Å². The molecule has 1 aliphatic carbocycles. The maximum atomic E-state index is 12.4. The van der Waals surface area contributed by atoms with Crippen LogP contribution in [0, 0.1) is 3.57 Å². The van der Waals surface area contributed by atoms with Crippen LogP contribution in [-0.2, 0) is 0 Å². The van der Waals surface area contributed by atoms with E-state index in [2.05, 4.69) is 25.1 Å². The van der Waals surface area contributed by atoms with Crippen molar-refractivity contribution in [2.45, 2.75) is 19.8 Å². The molecule has 1 nitrogen and oxygen atoms in total. The average molecular weight is 364 g/mol. The molecular weight excluding hydrogens is 347 g/mol. The molecule has 2 heteroatoms. The summed E-state index contributed by atoms with van der Waals surface area (Å²) >= 11 is -0.120. The van der Waals surface area contributed by atoms with Gasteiger partial charge in [-0.1, -0.05) is 0 Å². The second-order valence-electron chi connectivity index (χ2n) is 4.78. The summed E-state index contributed by atoms with van der Waals surface area (Å²) in [5.41, 5.74) is 4.00. The van der Waals surface area contributed by atoms with Gasteiger partial charge in [0, 0.05) is 0 Å². The van der Waals surface area contributed by atoms with Gasteiger partial charge in [0.1, 0.15) is 0 Å². The summed E-state index contributed by atoms with van der Waals surface area (Å²) in [6, 6.07) is 14.5. The molecule has 1 aliphatic rings. The van der Waals surface area contributed by atoms with Gasteiger partial charge in [0.05, 0.1) is 0 Å². The molecule has 0 heterocycles. The molecule has 0 N–H and O–H groups in total. The minimum atomic E-state index is -0.120. The molecule has 0 amide bonds. The van der Waals surface area contributed by atoms with Gasteiger partial charge in [-0.15, -0.1) is 0 Å². The van der Waals surface area contributed by atoms with E-state index in [1.807, 2.05) is 24.3 Å². The molecule has 0 bridgehead atoms. The van der Waals surface area contributed by atoms with Crippen LogP contribution >= 0.6 is 21.2 Å². The molecule has 2 aromatic rings. The van der Waals surface area contributed by atoms with E-state index < -0.39 is 0 Å². The van der Waals surface area contributed by atoms with Crippen molar-refractivity contribution in [3.05, 3.63) is 57.2 Å². The molecule has 0 spiro atoms. The van der Waals surface area contributed by atoms with Gasteiger partial charge in [-0.2, -0.15) is 0 Å². The van der Waals surface area contributed by atoms with Gasteiger partial charge in [-0.3, -0.25) is 0 Å². The Morgan fingerprint density at radius 2 is 1.68 bits per heavy atom. The third-order valence-electron chi connectivity index (χ3n) is 3.46. The number of rotatable bonds is 4. The van der Waals surface area contributed by atoms with Crippen LogP contribution in [0.3, 0.4) is 0 Å². The van der Waals surface area contributed by atoms with Crippen molar-refractivity contribution in [2.75, 3.05) is 4.43 Å². The van der Waals surface area contributed by atoms with Crippen LogP contribution in [0.2, 0.25) is 0 Å². The molecule has 0 aromatic heterocycles. The van der Waals surface area contributed by atoms with E-state index in [0.29, 0.717) is 0 Å². The van der Waals surface area contributed by atoms with Crippen molar-refractivity contribution >= 4 is 27.0 Å². The van der Waals surface area contributed by atoms with Gasteiger partial charge < -0.3 is 0 Å². The molecule has 0 saturated carbocycles. The number of benzene rings is 2. The Hall–Kier alpha value is -1.16. The van der Waals surface area contributed by atoms with Gasteiger partial charge in [0.15, 0.2) is 0 Å². The van der Waals surface area contributed by atoms with Crippen molar-refractivity contribution in [3.8, 4) is 11.1 Å². The van der Waals surface area contributed by atoms with Crippen molar-refractivity contribution in [3.63, 3.8) is 0 Å². The van der Waals surface area contributed by atoms with Gasteiger partial charge >= 0.3 is 124 Å². The number of halogens is 1.